The first-order chi connectivity index (χ1) is 11.0. The number of aliphatic hydroxyl groups excluding tert-OH is 1. The van der Waals surface area contributed by atoms with Gasteiger partial charge >= 0.3 is 6.18 Å². The van der Waals surface area contributed by atoms with Crippen LogP contribution in [0.4, 0.5) is 30.7 Å². The summed E-state index contributed by atoms with van der Waals surface area (Å²) in [5.41, 5.74) is -3.51. The van der Waals surface area contributed by atoms with Gasteiger partial charge in [0.15, 0.2) is 5.69 Å². The maximum absolute atomic E-state index is 13.6. The number of alkyl halides is 5. The smallest absolute Gasteiger partial charge is 0.382 e. The van der Waals surface area contributed by atoms with Crippen molar-refractivity contribution in [3.05, 3.63) is 46.8 Å². The van der Waals surface area contributed by atoms with Crippen LogP contribution in [0.2, 0.25) is 0 Å². The maximum Gasteiger partial charge on any atom is 0.435 e. The van der Waals surface area contributed by atoms with Gasteiger partial charge in [-0.25, -0.2) is 22.2 Å². The van der Waals surface area contributed by atoms with Gasteiger partial charge < -0.3 is 5.11 Å². The molecule has 0 saturated heterocycles. The van der Waals surface area contributed by atoms with Gasteiger partial charge in [0.1, 0.15) is 17.7 Å². The zero-order chi connectivity index (χ0) is 17.9. The van der Waals surface area contributed by atoms with Crippen molar-refractivity contribution in [3.8, 4) is 5.69 Å². The van der Waals surface area contributed by atoms with E-state index in [0.717, 1.165) is 12.1 Å². The Balaban J connectivity index is 2.27. The van der Waals surface area contributed by atoms with E-state index in [9.17, 15) is 35.8 Å². The molecule has 2 aromatic rings. The van der Waals surface area contributed by atoms with Gasteiger partial charge in [0.2, 0.25) is 0 Å². The van der Waals surface area contributed by atoms with Crippen LogP contribution in [0, 0.1) is 11.6 Å². The summed E-state index contributed by atoms with van der Waals surface area (Å²) in [6, 6.07) is 1.94. The van der Waals surface area contributed by atoms with Crippen molar-refractivity contribution in [2.45, 2.75) is 31.0 Å². The van der Waals surface area contributed by atoms with E-state index >= 15 is 0 Å². The Hall–Kier alpha value is -2.10. The molecule has 1 aromatic heterocycles. The second-order valence-corrected chi connectivity index (χ2v) is 5.41. The predicted molar refractivity (Wildman–Crippen MR) is 66.7 cm³/mol. The van der Waals surface area contributed by atoms with Crippen LogP contribution < -0.4 is 0 Å². The van der Waals surface area contributed by atoms with Crippen LogP contribution in [-0.4, -0.2) is 20.8 Å². The molecule has 0 fully saturated rings. The van der Waals surface area contributed by atoms with Crippen LogP contribution in [-0.2, 0) is 12.6 Å². The minimum atomic E-state index is -5.12. The summed E-state index contributed by atoms with van der Waals surface area (Å²) >= 11 is 0. The zero-order valence-corrected chi connectivity index (χ0v) is 11.7. The van der Waals surface area contributed by atoms with Crippen molar-refractivity contribution in [2.75, 3.05) is 0 Å². The number of hydrogen-bond donors (Lipinski definition) is 1. The molecule has 1 aliphatic carbocycles. The molecule has 3 nitrogen and oxygen atoms in total. The lowest BCUT2D eigenvalue weighted by Crippen LogP contribution is -2.33. The fraction of sp³-hybridized carbons (Fsp3) is 0.357. The molecule has 1 N–H and O–H groups in total. The van der Waals surface area contributed by atoms with Crippen molar-refractivity contribution in [2.24, 2.45) is 0 Å². The van der Waals surface area contributed by atoms with Gasteiger partial charge in [-0.15, -0.1) is 0 Å². The number of aliphatic hydroxyl groups is 1. The van der Waals surface area contributed by atoms with Crippen LogP contribution in [0.5, 0.6) is 0 Å². The molecule has 130 valence electrons. The molecule has 0 aliphatic heterocycles. The van der Waals surface area contributed by atoms with Crippen LogP contribution in [0.25, 0.3) is 5.69 Å². The summed E-state index contributed by atoms with van der Waals surface area (Å²) in [6.07, 6.45) is -9.27. The SMILES string of the molecule is OC1c2c(C(F)(F)F)nn(-c3cc(F)cc(F)c3)c2CCC1(F)F. The lowest BCUT2D eigenvalue weighted by molar-refractivity contribution is -0.150. The molecule has 0 radical (unpaired) electrons. The Bertz CT molecular complexity index is 777. The minimum absolute atomic E-state index is 0.356. The number of hydrogen-bond acceptors (Lipinski definition) is 2. The van der Waals surface area contributed by atoms with E-state index in [1.807, 2.05) is 0 Å². The van der Waals surface area contributed by atoms with Crippen LogP contribution in [0.15, 0.2) is 18.2 Å². The van der Waals surface area contributed by atoms with Crippen molar-refractivity contribution < 1.29 is 35.8 Å². The second-order valence-electron chi connectivity index (χ2n) is 5.41. The summed E-state index contributed by atoms with van der Waals surface area (Å²) in [5.74, 6) is -5.89. The normalized spacial score (nSPS) is 20.1. The van der Waals surface area contributed by atoms with E-state index in [1.165, 1.54) is 0 Å². The highest BCUT2D eigenvalue weighted by molar-refractivity contribution is 5.42. The summed E-state index contributed by atoms with van der Waals surface area (Å²) in [7, 11) is 0. The fourth-order valence-corrected chi connectivity index (χ4v) is 2.71. The molecule has 10 heteroatoms. The van der Waals surface area contributed by atoms with Crippen molar-refractivity contribution in [3.63, 3.8) is 0 Å². The van der Waals surface area contributed by atoms with Gasteiger partial charge in [0.05, 0.1) is 11.4 Å². The Morgan fingerprint density at radius 1 is 1.12 bits per heavy atom. The topological polar surface area (TPSA) is 38.1 Å². The Morgan fingerprint density at radius 3 is 2.25 bits per heavy atom. The first kappa shape index (κ1) is 16.7. The number of rotatable bonds is 1. The lowest BCUT2D eigenvalue weighted by Gasteiger charge is -2.28. The highest BCUT2D eigenvalue weighted by atomic mass is 19.4. The van der Waals surface area contributed by atoms with Crippen LogP contribution in [0.3, 0.4) is 0 Å². The molecule has 1 heterocycles. The van der Waals surface area contributed by atoms with Crippen molar-refractivity contribution in [1.82, 2.24) is 9.78 Å². The van der Waals surface area contributed by atoms with E-state index in [4.69, 9.17) is 0 Å². The minimum Gasteiger partial charge on any atom is -0.382 e. The third-order valence-electron chi connectivity index (χ3n) is 3.75. The Labute approximate surface area is 130 Å². The molecule has 0 amide bonds. The quantitative estimate of drug-likeness (QED) is 0.792. The molecular weight excluding hydrogens is 345 g/mol. The number of aromatic nitrogens is 2. The van der Waals surface area contributed by atoms with Gasteiger partial charge in [-0.3, -0.25) is 0 Å². The average molecular weight is 354 g/mol. The maximum atomic E-state index is 13.6. The second kappa shape index (κ2) is 5.20. The number of nitrogens with zero attached hydrogens (tertiary/aromatic N) is 2. The molecule has 24 heavy (non-hydrogen) atoms. The summed E-state index contributed by atoms with van der Waals surface area (Å²) in [4.78, 5) is 0. The van der Waals surface area contributed by atoms with Crippen molar-refractivity contribution >= 4 is 0 Å². The molecule has 0 bridgehead atoms. The molecule has 1 aromatic carbocycles. The molecular formula is C14H9F7N2O. The van der Waals surface area contributed by atoms with Crippen molar-refractivity contribution in [1.29, 1.82) is 0 Å². The highest BCUT2D eigenvalue weighted by Crippen LogP contribution is 2.47. The third-order valence-corrected chi connectivity index (χ3v) is 3.75. The summed E-state index contributed by atoms with van der Waals surface area (Å²) in [6.45, 7) is 0. The molecule has 0 spiro atoms. The summed E-state index contributed by atoms with van der Waals surface area (Å²) in [5, 5.41) is 12.8. The van der Waals surface area contributed by atoms with E-state index in [1.54, 1.807) is 0 Å². The Morgan fingerprint density at radius 2 is 1.71 bits per heavy atom. The van der Waals surface area contributed by atoms with E-state index in [2.05, 4.69) is 5.10 Å². The Kier molecular flexibility index (Phi) is 3.63. The highest BCUT2D eigenvalue weighted by Gasteiger charge is 2.51. The summed E-state index contributed by atoms with van der Waals surface area (Å²) < 4.78 is 93.7. The third kappa shape index (κ3) is 2.64. The van der Waals surface area contributed by atoms with Crippen LogP contribution in [0.1, 0.15) is 29.5 Å². The van der Waals surface area contributed by atoms with Gasteiger partial charge in [-0.1, -0.05) is 0 Å². The number of benzene rings is 1. The largest absolute Gasteiger partial charge is 0.435 e. The number of halogens is 7. The molecule has 0 saturated carbocycles. The van der Waals surface area contributed by atoms with E-state index in [0.29, 0.717) is 10.7 Å². The standard InChI is InChI=1S/C14H9F7N2O/c15-6-3-7(16)5-8(4-6)23-9-1-2-13(17,18)12(24)10(9)11(22-23)14(19,20)21/h3-5,12,24H,1-2H2. The zero-order valence-electron chi connectivity index (χ0n) is 11.7. The molecule has 1 unspecified atom stereocenters. The molecule has 1 atom stereocenters. The van der Waals surface area contributed by atoms with E-state index < -0.39 is 59.6 Å². The van der Waals surface area contributed by atoms with Gasteiger partial charge in [-0.2, -0.15) is 18.3 Å². The molecule has 3 rings (SSSR count). The molecule has 1 aliphatic rings. The van der Waals surface area contributed by atoms with E-state index in [-0.39, 0.29) is 5.69 Å². The van der Waals surface area contributed by atoms with Gasteiger partial charge in [0, 0.05) is 18.1 Å². The van der Waals surface area contributed by atoms with Crippen LogP contribution >= 0.6 is 0 Å². The lowest BCUT2D eigenvalue weighted by atomic mass is 9.89. The first-order valence-corrected chi connectivity index (χ1v) is 6.72. The predicted octanol–water partition coefficient (Wildman–Crippen LogP) is 3.78. The average Bonchev–Trinajstić information content (AvgIpc) is 2.82. The number of fused-ring (bicyclic) bond motifs is 1. The fourth-order valence-electron chi connectivity index (χ4n) is 2.71. The van der Waals surface area contributed by atoms with Gasteiger partial charge in [0.25, 0.3) is 5.92 Å². The van der Waals surface area contributed by atoms with Gasteiger partial charge in [-0.05, 0) is 18.6 Å². The monoisotopic (exact) mass is 354 g/mol. The first-order valence-electron chi connectivity index (χ1n) is 6.72.